The predicted octanol–water partition coefficient (Wildman–Crippen LogP) is 4.87. The van der Waals surface area contributed by atoms with E-state index in [-0.39, 0.29) is 35.1 Å². The van der Waals surface area contributed by atoms with E-state index < -0.39 is 10.0 Å². The SMILES string of the molecule is CC(C)(C)CC(C)(C)NC(=O)[C@@H]1CCCN(S(=O)(=O)Cc2c(Cl)cccc2Cl)C1. The molecular weight excluding hydrogens is 431 g/mol. The fourth-order valence-corrected chi connectivity index (χ4v) is 6.52. The van der Waals surface area contributed by atoms with Gasteiger partial charge in [0.25, 0.3) is 0 Å². The first kappa shape index (κ1) is 24.4. The molecule has 0 radical (unpaired) electrons. The molecule has 1 aromatic rings. The molecule has 1 N–H and O–H groups in total. The highest BCUT2D eigenvalue weighted by atomic mass is 35.5. The molecule has 1 aromatic carbocycles. The van der Waals surface area contributed by atoms with Crippen molar-refractivity contribution in [2.24, 2.45) is 11.3 Å². The summed E-state index contributed by atoms with van der Waals surface area (Å²) >= 11 is 12.3. The van der Waals surface area contributed by atoms with Crippen molar-refractivity contribution in [3.63, 3.8) is 0 Å². The molecule has 0 aromatic heterocycles. The van der Waals surface area contributed by atoms with E-state index in [9.17, 15) is 13.2 Å². The Morgan fingerprint density at radius 3 is 2.31 bits per heavy atom. The summed E-state index contributed by atoms with van der Waals surface area (Å²) in [7, 11) is -3.64. The van der Waals surface area contributed by atoms with Crippen LogP contribution in [0, 0.1) is 11.3 Å². The molecule has 0 spiro atoms. The van der Waals surface area contributed by atoms with Crippen LogP contribution in [0.1, 0.15) is 59.4 Å². The van der Waals surface area contributed by atoms with Gasteiger partial charge in [0.15, 0.2) is 0 Å². The largest absolute Gasteiger partial charge is 0.351 e. The van der Waals surface area contributed by atoms with E-state index >= 15 is 0 Å². The fourth-order valence-electron chi connectivity index (χ4n) is 4.16. The second-order valence-electron chi connectivity index (χ2n) is 9.76. The number of carbonyl (C=O) groups excluding carboxylic acids is 1. The van der Waals surface area contributed by atoms with E-state index in [0.717, 1.165) is 6.42 Å². The Morgan fingerprint density at radius 1 is 1.17 bits per heavy atom. The average Bonchev–Trinajstić information content (AvgIpc) is 2.56. The third-order valence-corrected chi connectivity index (χ3v) is 7.45. The molecule has 8 heteroatoms. The topological polar surface area (TPSA) is 66.5 Å². The summed E-state index contributed by atoms with van der Waals surface area (Å²) in [5, 5.41) is 3.78. The molecule has 1 atom stereocenters. The number of piperidine rings is 1. The first-order valence-corrected chi connectivity index (χ1v) is 12.3. The zero-order chi connectivity index (χ0) is 22.0. The summed E-state index contributed by atoms with van der Waals surface area (Å²) in [6.45, 7) is 11.0. The molecule has 2 rings (SSSR count). The van der Waals surface area contributed by atoms with Crippen LogP contribution in [0.2, 0.25) is 10.0 Å². The molecule has 5 nitrogen and oxygen atoms in total. The minimum absolute atomic E-state index is 0.0763. The number of halogens is 2. The molecule has 0 aliphatic carbocycles. The number of hydrogen-bond donors (Lipinski definition) is 1. The second-order valence-corrected chi connectivity index (χ2v) is 12.5. The molecule has 1 fully saturated rings. The van der Waals surface area contributed by atoms with Crippen LogP contribution in [0.15, 0.2) is 18.2 Å². The van der Waals surface area contributed by atoms with E-state index in [1.165, 1.54) is 4.31 Å². The molecule has 0 unspecified atom stereocenters. The van der Waals surface area contributed by atoms with E-state index in [0.29, 0.717) is 35.0 Å². The molecule has 29 heavy (non-hydrogen) atoms. The van der Waals surface area contributed by atoms with Gasteiger partial charge in [-0.3, -0.25) is 4.79 Å². The summed E-state index contributed by atoms with van der Waals surface area (Å²) < 4.78 is 27.4. The van der Waals surface area contributed by atoms with Crippen LogP contribution in [0.3, 0.4) is 0 Å². The summed E-state index contributed by atoms with van der Waals surface area (Å²) in [4.78, 5) is 12.9. The molecule has 164 valence electrons. The zero-order valence-electron chi connectivity index (χ0n) is 17.9. The summed E-state index contributed by atoms with van der Waals surface area (Å²) in [6, 6.07) is 4.94. The maximum absolute atomic E-state index is 13.0. The van der Waals surface area contributed by atoms with Gasteiger partial charge in [-0.2, -0.15) is 0 Å². The Bertz CT molecular complexity index is 828. The van der Waals surface area contributed by atoms with Crippen LogP contribution in [0.25, 0.3) is 0 Å². The minimum Gasteiger partial charge on any atom is -0.351 e. The van der Waals surface area contributed by atoms with Gasteiger partial charge in [0.05, 0.1) is 11.7 Å². The lowest BCUT2D eigenvalue weighted by atomic mass is 9.81. The highest BCUT2D eigenvalue weighted by Gasteiger charge is 2.35. The van der Waals surface area contributed by atoms with Crippen LogP contribution >= 0.6 is 23.2 Å². The van der Waals surface area contributed by atoms with Gasteiger partial charge in [-0.1, -0.05) is 50.0 Å². The lowest BCUT2D eigenvalue weighted by Crippen LogP contribution is -2.52. The molecule has 1 saturated heterocycles. The number of carbonyl (C=O) groups is 1. The molecule has 1 aliphatic heterocycles. The number of benzene rings is 1. The smallest absolute Gasteiger partial charge is 0.224 e. The minimum atomic E-state index is -3.64. The van der Waals surface area contributed by atoms with Gasteiger partial charge in [-0.05, 0) is 50.7 Å². The highest BCUT2D eigenvalue weighted by Crippen LogP contribution is 2.30. The molecular formula is C21H32Cl2N2O3S. The third kappa shape index (κ3) is 7.12. The summed E-state index contributed by atoms with van der Waals surface area (Å²) in [6.07, 6.45) is 2.15. The van der Waals surface area contributed by atoms with Gasteiger partial charge in [0.1, 0.15) is 0 Å². The van der Waals surface area contributed by atoms with Gasteiger partial charge >= 0.3 is 0 Å². The Labute approximate surface area is 185 Å². The third-order valence-electron chi connectivity index (χ3n) is 4.97. The number of rotatable bonds is 6. The number of amides is 1. The van der Waals surface area contributed by atoms with Gasteiger partial charge < -0.3 is 5.32 Å². The van der Waals surface area contributed by atoms with Crippen molar-refractivity contribution < 1.29 is 13.2 Å². The van der Waals surface area contributed by atoms with Crippen LogP contribution in [-0.4, -0.2) is 37.3 Å². The van der Waals surface area contributed by atoms with Gasteiger partial charge in [0.2, 0.25) is 15.9 Å². The molecule has 1 amide bonds. The van der Waals surface area contributed by atoms with Crippen molar-refractivity contribution in [2.45, 2.75) is 65.2 Å². The van der Waals surface area contributed by atoms with E-state index in [2.05, 4.69) is 26.1 Å². The average molecular weight is 463 g/mol. The Kier molecular flexibility index (Phi) is 7.69. The van der Waals surface area contributed by atoms with Crippen LogP contribution in [-0.2, 0) is 20.6 Å². The second kappa shape index (κ2) is 9.13. The monoisotopic (exact) mass is 462 g/mol. The maximum atomic E-state index is 13.0. The standard InChI is InChI=1S/C21H32Cl2N2O3S/c1-20(2,3)14-21(4,5)24-19(26)15-8-7-11-25(12-15)29(27,28)13-16-17(22)9-6-10-18(16)23/h6,9-10,15H,7-8,11-14H2,1-5H3,(H,24,26)/t15-/m1/s1. The number of nitrogens with zero attached hydrogens (tertiary/aromatic N) is 1. The molecule has 1 aliphatic rings. The van der Waals surface area contributed by atoms with Gasteiger partial charge in [-0.15, -0.1) is 0 Å². The van der Waals surface area contributed by atoms with Crippen LogP contribution in [0.5, 0.6) is 0 Å². The van der Waals surface area contributed by atoms with E-state index in [1.807, 2.05) is 13.8 Å². The quantitative estimate of drug-likeness (QED) is 0.655. The lowest BCUT2D eigenvalue weighted by Gasteiger charge is -2.36. The maximum Gasteiger partial charge on any atom is 0.224 e. The van der Waals surface area contributed by atoms with Crippen molar-refractivity contribution in [1.82, 2.24) is 9.62 Å². The number of nitrogens with one attached hydrogen (secondary N) is 1. The Balaban J connectivity index is 2.08. The molecule has 0 saturated carbocycles. The van der Waals surface area contributed by atoms with Gasteiger partial charge in [-0.25, -0.2) is 12.7 Å². The summed E-state index contributed by atoms with van der Waals surface area (Å²) in [5.41, 5.74) is 0.114. The van der Waals surface area contributed by atoms with E-state index in [1.54, 1.807) is 18.2 Å². The Morgan fingerprint density at radius 2 is 1.76 bits per heavy atom. The first-order chi connectivity index (χ1) is 13.2. The van der Waals surface area contributed by atoms with Crippen LogP contribution < -0.4 is 5.32 Å². The fraction of sp³-hybridized carbons (Fsp3) is 0.667. The summed E-state index contributed by atoms with van der Waals surface area (Å²) in [5.74, 6) is -0.718. The molecule has 0 bridgehead atoms. The Hall–Kier alpha value is -0.820. The van der Waals surface area contributed by atoms with Crippen molar-refractivity contribution >= 4 is 39.1 Å². The van der Waals surface area contributed by atoms with Crippen LogP contribution in [0.4, 0.5) is 0 Å². The number of sulfonamides is 1. The van der Waals surface area contributed by atoms with Crippen molar-refractivity contribution in [3.05, 3.63) is 33.8 Å². The molecule has 1 heterocycles. The van der Waals surface area contributed by atoms with Crippen molar-refractivity contribution in [2.75, 3.05) is 13.1 Å². The zero-order valence-corrected chi connectivity index (χ0v) is 20.2. The predicted molar refractivity (Wildman–Crippen MR) is 120 cm³/mol. The van der Waals surface area contributed by atoms with Crippen molar-refractivity contribution in [1.29, 1.82) is 0 Å². The highest BCUT2D eigenvalue weighted by molar-refractivity contribution is 7.88. The van der Waals surface area contributed by atoms with Crippen molar-refractivity contribution in [3.8, 4) is 0 Å². The normalized spacial score (nSPS) is 19.2. The lowest BCUT2D eigenvalue weighted by molar-refractivity contribution is -0.128. The van der Waals surface area contributed by atoms with E-state index in [4.69, 9.17) is 23.2 Å². The first-order valence-electron chi connectivity index (χ1n) is 9.93. The van der Waals surface area contributed by atoms with Gasteiger partial charge in [0, 0.05) is 34.2 Å². The number of hydrogen-bond acceptors (Lipinski definition) is 3.